The van der Waals surface area contributed by atoms with Crippen molar-refractivity contribution < 1.29 is 8.42 Å². The number of sulfone groups is 1. The molecule has 4 nitrogen and oxygen atoms in total. The Kier molecular flexibility index (Phi) is 4.97. The molecule has 1 heterocycles. The Bertz CT molecular complexity index is 499. The highest BCUT2D eigenvalue weighted by Crippen LogP contribution is 2.27. The molecule has 1 aliphatic rings. The lowest BCUT2D eigenvalue weighted by molar-refractivity contribution is 0.327. The molecule has 0 unspecified atom stereocenters. The van der Waals surface area contributed by atoms with E-state index in [0.717, 1.165) is 19.5 Å². The molecule has 0 bridgehead atoms. The van der Waals surface area contributed by atoms with Crippen LogP contribution in [-0.2, 0) is 29.2 Å². The number of thiazole rings is 1. The summed E-state index contributed by atoms with van der Waals surface area (Å²) in [6, 6.07) is 0. The standard InChI is InChI=1S/C13H22N2O2S2/c1-15(8-5-9-19(2,16)17)10-13-14-11-6-3-4-7-12(11)18-13/h3-10H2,1-2H3. The summed E-state index contributed by atoms with van der Waals surface area (Å²) >= 11 is 1.83. The van der Waals surface area contributed by atoms with E-state index in [1.165, 1.54) is 41.1 Å². The molecule has 6 heteroatoms. The van der Waals surface area contributed by atoms with Gasteiger partial charge in [0.2, 0.25) is 0 Å². The topological polar surface area (TPSA) is 50.3 Å². The number of nitrogens with zero attached hydrogens (tertiary/aromatic N) is 2. The predicted molar refractivity (Wildman–Crippen MR) is 79.4 cm³/mol. The third kappa shape index (κ3) is 4.85. The van der Waals surface area contributed by atoms with Crippen LogP contribution in [0.5, 0.6) is 0 Å². The van der Waals surface area contributed by atoms with Crippen molar-refractivity contribution in [2.24, 2.45) is 0 Å². The van der Waals surface area contributed by atoms with Crippen LogP contribution in [0.25, 0.3) is 0 Å². The highest BCUT2D eigenvalue weighted by molar-refractivity contribution is 7.90. The molecule has 0 saturated carbocycles. The van der Waals surface area contributed by atoms with E-state index >= 15 is 0 Å². The van der Waals surface area contributed by atoms with Crippen LogP contribution < -0.4 is 0 Å². The molecule has 0 saturated heterocycles. The first kappa shape index (κ1) is 14.9. The second-order valence-electron chi connectivity index (χ2n) is 5.41. The van der Waals surface area contributed by atoms with Crippen molar-refractivity contribution in [3.63, 3.8) is 0 Å². The average molecular weight is 302 g/mol. The molecule has 1 aromatic rings. The van der Waals surface area contributed by atoms with Gasteiger partial charge < -0.3 is 0 Å². The predicted octanol–water partition coefficient (Wildman–Crippen LogP) is 1.89. The Morgan fingerprint density at radius 3 is 2.74 bits per heavy atom. The second-order valence-corrected chi connectivity index (χ2v) is 8.83. The van der Waals surface area contributed by atoms with Crippen LogP contribution in [0.2, 0.25) is 0 Å². The number of hydrogen-bond donors (Lipinski definition) is 0. The van der Waals surface area contributed by atoms with Crippen molar-refractivity contribution in [2.45, 2.75) is 38.6 Å². The van der Waals surface area contributed by atoms with Gasteiger partial charge in [-0.2, -0.15) is 0 Å². The Labute approximate surface area is 119 Å². The van der Waals surface area contributed by atoms with Crippen molar-refractivity contribution in [3.05, 3.63) is 15.6 Å². The molecule has 0 aromatic carbocycles. The maximum atomic E-state index is 11.1. The maximum Gasteiger partial charge on any atom is 0.147 e. The number of aryl methyl sites for hydroxylation is 2. The van der Waals surface area contributed by atoms with Gasteiger partial charge in [-0.25, -0.2) is 13.4 Å². The summed E-state index contributed by atoms with van der Waals surface area (Å²) in [5.41, 5.74) is 1.30. The van der Waals surface area contributed by atoms with Gasteiger partial charge in [0, 0.05) is 11.1 Å². The van der Waals surface area contributed by atoms with Crippen LogP contribution in [0.3, 0.4) is 0 Å². The fourth-order valence-corrected chi connectivity index (χ4v) is 4.27. The molecule has 0 aliphatic heterocycles. The zero-order valence-corrected chi connectivity index (χ0v) is 13.3. The molecule has 0 atom stereocenters. The summed E-state index contributed by atoms with van der Waals surface area (Å²) in [6.07, 6.45) is 6.86. The van der Waals surface area contributed by atoms with E-state index in [9.17, 15) is 8.42 Å². The minimum absolute atomic E-state index is 0.270. The lowest BCUT2D eigenvalue weighted by Gasteiger charge is -2.14. The van der Waals surface area contributed by atoms with Crippen molar-refractivity contribution in [1.82, 2.24) is 9.88 Å². The molecule has 19 heavy (non-hydrogen) atoms. The monoisotopic (exact) mass is 302 g/mol. The molecule has 0 amide bonds. The van der Waals surface area contributed by atoms with Gasteiger partial charge >= 0.3 is 0 Å². The molecule has 2 rings (SSSR count). The molecule has 0 radical (unpaired) electrons. The largest absolute Gasteiger partial charge is 0.300 e. The van der Waals surface area contributed by atoms with E-state index < -0.39 is 9.84 Å². The third-order valence-corrected chi connectivity index (χ3v) is 5.52. The quantitative estimate of drug-likeness (QED) is 0.805. The average Bonchev–Trinajstić information content (AvgIpc) is 2.68. The van der Waals surface area contributed by atoms with Gasteiger partial charge in [-0.05, 0) is 45.7 Å². The van der Waals surface area contributed by atoms with E-state index in [2.05, 4.69) is 4.90 Å². The molecule has 1 aliphatic carbocycles. The van der Waals surface area contributed by atoms with Crippen molar-refractivity contribution in [1.29, 1.82) is 0 Å². The highest BCUT2D eigenvalue weighted by atomic mass is 32.2. The van der Waals surface area contributed by atoms with Crippen LogP contribution >= 0.6 is 11.3 Å². The minimum atomic E-state index is -2.83. The van der Waals surface area contributed by atoms with Gasteiger partial charge in [0.25, 0.3) is 0 Å². The zero-order valence-electron chi connectivity index (χ0n) is 11.7. The van der Waals surface area contributed by atoms with E-state index in [1.807, 2.05) is 18.4 Å². The summed E-state index contributed by atoms with van der Waals surface area (Å²) in [7, 11) is -0.804. The highest BCUT2D eigenvalue weighted by Gasteiger charge is 2.15. The van der Waals surface area contributed by atoms with Crippen LogP contribution in [-0.4, -0.2) is 43.9 Å². The van der Waals surface area contributed by atoms with Crippen LogP contribution in [0.1, 0.15) is 34.8 Å². The van der Waals surface area contributed by atoms with Crippen molar-refractivity contribution in [3.8, 4) is 0 Å². The summed E-state index contributed by atoms with van der Waals surface area (Å²) in [5.74, 6) is 0.270. The summed E-state index contributed by atoms with van der Waals surface area (Å²) in [5, 5.41) is 1.17. The van der Waals surface area contributed by atoms with Gasteiger partial charge in [0.1, 0.15) is 14.8 Å². The number of aromatic nitrogens is 1. The molecule has 0 N–H and O–H groups in total. The first-order valence-corrected chi connectivity index (χ1v) is 9.65. The second kappa shape index (κ2) is 6.33. The Hall–Kier alpha value is -0.460. The molecule has 1 aromatic heterocycles. The number of rotatable bonds is 6. The lowest BCUT2D eigenvalue weighted by atomic mass is 10.0. The van der Waals surface area contributed by atoms with Gasteiger partial charge in [-0.1, -0.05) is 0 Å². The Balaban J connectivity index is 1.82. The van der Waals surface area contributed by atoms with Gasteiger partial charge in [-0.15, -0.1) is 11.3 Å². The number of fused-ring (bicyclic) bond motifs is 1. The smallest absolute Gasteiger partial charge is 0.147 e. The van der Waals surface area contributed by atoms with Crippen LogP contribution in [0.4, 0.5) is 0 Å². The van der Waals surface area contributed by atoms with Crippen molar-refractivity contribution >= 4 is 21.2 Å². The van der Waals surface area contributed by atoms with E-state index in [4.69, 9.17) is 4.98 Å². The molecule has 108 valence electrons. The molecular formula is C13H22N2O2S2. The Morgan fingerprint density at radius 2 is 2.05 bits per heavy atom. The first-order valence-electron chi connectivity index (χ1n) is 6.78. The first-order chi connectivity index (χ1) is 8.94. The number of hydrogen-bond acceptors (Lipinski definition) is 5. The lowest BCUT2D eigenvalue weighted by Crippen LogP contribution is -2.21. The normalized spacial score (nSPS) is 15.7. The fraction of sp³-hybridized carbons (Fsp3) is 0.769. The van der Waals surface area contributed by atoms with Gasteiger partial charge in [-0.3, -0.25) is 4.90 Å². The van der Waals surface area contributed by atoms with Crippen molar-refractivity contribution in [2.75, 3.05) is 25.6 Å². The molecule has 0 spiro atoms. The summed E-state index contributed by atoms with van der Waals surface area (Å²) in [6.45, 7) is 1.64. The van der Waals surface area contributed by atoms with Crippen LogP contribution in [0.15, 0.2) is 0 Å². The van der Waals surface area contributed by atoms with Crippen LogP contribution in [0, 0.1) is 0 Å². The Morgan fingerprint density at radius 1 is 1.32 bits per heavy atom. The van der Waals surface area contributed by atoms with Gasteiger partial charge in [0.15, 0.2) is 0 Å². The fourth-order valence-electron chi connectivity index (χ4n) is 2.38. The minimum Gasteiger partial charge on any atom is -0.300 e. The van der Waals surface area contributed by atoms with E-state index in [1.54, 1.807) is 0 Å². The summed E-state index contributed by atoms with van der Waals surface area (Å²) in [4.78, 5) is 8.33. The van der Waals surface area contributed by atoms with Gasteiger partial charge in [0.05, 0.1) is 18.0 Å². The molecular weight excluding hydrogens is 280 g/mol. The van der Waals surface area contributed by atoms with E-state index in [0.29, 0.717) is 6.42 Å². The SMILES string of the molecule is CN(CCCS(C)(=O)=O)Cc1nc2c(s1)CCCC2. The third-order valence-electron chi connectivity index (χ3n) is 3.35. The summed E-state index contributed by atoms with van der Waals surface area (Å²) < 4.78 is 22.1. The van der Waals surface area contributed by atoms with E-state index in [-0.39, 0.29) is 5.75 Å². The molecule has 0 fully saturated rings. The zero-order chi connectivity index (χ0) is 13.9. The maximum absolute atomic E-state index is 11.1.